The highest BCUT2D eigenvalue weighted by Crippen LogP contribution is 2.39. The number of nitrogens with one attached hydrogen (secondary N) is 1. The molecule has 0 saturated heterocycles. The quantitative estimate of drug-likeness (QED) is 0.616. The number of halogens is 2. The van der Waals surface area contributed by atoms with Crippen molar-refractivity contribution in [3.63, 3.8) is 0 Å². The van der Waals surface area contributed by atoms with Gasteiger partial charge in [-0.2, -0.15) is 0 Å². The Balaban J connectivity index is 1.71. The lowest BCUT2D eigenvalue weighted by atomic mass is 10.1. The topological polar surface area (TPSA) is 86.7 Å². The second kappa shape index (κ2) is 6.12. The Hall–Kier alpha value is -2.81. The van der Waals surface area contributed by atoms with Crippen LogP contribution in [0.15, 0.2) is 39.8 Å². The van der Waals surface area contributed by atoms with Crippen molar-refractivity contribution in [3.8, 4) is 11.5 Å². The number of rotatable bonds is 1. The number of hydrogen-bond donors (Lipinski definition) is 2. The van der Waals surface area contributed by atoms with Gasteiger partial charge in [-0.1, -0.05) is 6.07 Å². The predicted molar refractivity (Wildman–Crippen MR) is 103 cm³/mol. The Labute approximate surface area is 162 Å². The number of guanidine groups is 1. The highest BCUT2D eigenvalue weighted by molar-refractivity contribution is 9.10. The molecule has 1 atom stereocenters. The summed E-state index contributed by atoms with van der Waals surface area (Å²) in [6.07, 6.45) is 0.347. The van der Waals surface area contributed by atoms with E-state index >= 15 is 0 Å². The molecule has 7 nitrogen and oxygen atoms in total. The van der Waals surface area contributed by atoms with Crippen LogP contribution in [0.2, 0.25) is 0 Å². The van der Waals surface area contributed by atoms with Crippen molar-refractivity contribution in [2.75, 3.05) is 18.5 Å². The van der Waals surface area contributed by atoms with E-state index in [1.807, 2.05) is 16.7 Å². The maximum atomic E-state index is 13.7. The van der Waals surface area contributed by atoms with Gasteiger partial charge in [0.05, 0.1) is 28.7 Å². The number of anilines is 1. The molecule has 2 aliphatic heterocycles. The van der Waals surface area contributed by atoms with Crippen LogP contribution in [0.5, 0.6) is 11.5 Å². The van der Waals surface area contributed by atoms with Gasteiger partial charge in [-0.15, -0.1) is 0 Å². The third-order valence-electron chi connectivity index (χ3n) is 4.55. The van der Waals surface area contributed by atoms with Gasteiger partial charge in [0.2, 0.25) is 5.95 Å². The average molecular weight is 432 g/mol. The Morgan fingerprint density at radius 1 is 1.19 bits per heavy atom. The van der Waals surface area contributed by atoms with Crippen LogP contribution in [0.3, 0.4) is 0 Å². The number of fused-ring (bicyclic) bond motifs is 4. The third-order valence-corrected chi connectivity index (χ3v) is 5.15. The summed E-state index contributed by atoms with van der Waals surface area (Å²) in [6.45, 7) is 1.20. The molecular formula is C18H15BrFN5O2. The third kappa shape index (κ3) is 2.69. The van der Waals surface area contributed by atoms with E-state index in [1.165, 1.54) is 6.07 Å². The number of ether oxygens (including phenoxy) is 2. The summed E-state index contributed by atoms with van der Waals surface area (Å²) in [5.41, 5.74) is 8.30. The number of aliphatic imine (C=N–C) groups is 1. The molecule has 0 aliphatic carbocycles. The summed E-state index contributed by atoms with van der Waals surface area (Å²) in [5, 5.41) is 2.99. The number of hydrogen-bond acceptors (Lipinski definition) is 6. The minimum Gasteiger partial charge on any atom is -0.489 e. The predicted octanol–water partition coefficient (Wildman–Crippen LogP) is 3.39. The first kappa shape index (κ1) is 16.4. The van der Waals surface area contributed by atoms with E-state index in [1.54, 1.807) is 12.1 Å². The van der Waals surface area contributed by atoms with E-state index < -0.39 is 6.17 Å². The number of nitrogens with two attached hydrogens (primary N) is 1. The van der Waals surface area contributed by atoms with Gasteiger partial charge < -0.3 is 15.2 Å². The SMILES string of the molecule is NC1=N[C@H](c2ccc(F)c(Br)c2)n2c(nc3cc4c(cc32)OCCCO4)N1. The van der Waals surface area contributed by atoms with Gasteiger partial charge >= 0.3 is 0 Å². The largest absolute Gasteiger partial charge is 0.489 e. The Morgan fingerprint density at radius 3 is 2.74 bits per heavy atom. The van der Waals surface area contributed by atoms with Gasteiger partial charge in [-0.05, 0) is 33.6 Å². The van der Waals surface area contributed by atoms with E-state index in [9.17, 15) is 4.39 Å². The standard InChI is InChI=1S/C18H15BrFN5O2/c19-10-6-9(2-3-11(10)20)16-23-17(21)24-18-22-12-7-14-15(8-13(12)25(16)18)27-5-1-4-26-14/h2-3,6-8,16H,1,4-5H2,(H3,21,22,23,24)/t16-/m0/s1. The molecule has 3 aromatic rings. The lowest BCUT2D eigenvalue weighted by Crippen LogP contribution is -2.31. The van der Waals surface area contributed by atoms with Gasteiger partial charge in [-0.25, -0.2) is 14.4 Å². The van der Waals surface area contributed by atoms with Gasteiger partial charge in [0.1, 0.15) is 5.82 Å². The summed E-state index contributed by atoms with van der Waals surface area (Å²) in [5.74, 6) is 1.81. The van der Waals surface area contributed by atoms with Crippen LogP contribution in [-0.2, 0) is 0 Å². The highest BCUT2D eigenvalue weighted by atomic mass is 79.9. The Kier molecular flexibility index (Phi) is 3.71. The zero-order valence-corrected chi connectivity index (χ0v) is 15.7. The molecule has 138 valence electrons. The van der Waals surface area contributed by atoms with Crippen LogP contribution in [0, 0.1) is 5.82 Å². The van der Waals surface area contributed by atoms with E-state index in [-0.39, 0.29) is 11.8 Å². The Morgan fingerprint density at radius 2 is 1.96 bits per heavy atom. The molecule has 2 aliphatic rings. The molecule has 0 saturated carbocycles. The van der Waals surface area contributed by atoms with Gasteiger partial charge in [-0.3, -0.25) is 9.88 Å². The van der Waals surface area contributed by atoms with Crippen molar-refractivity contribution in [2.24, 2.45) is 10.7 Å². The normalized spacial score (nSPS) is 18.4. The van der Waals surface area contributed by atoms with Crippen LogP contribution in [0.25, 0.3) is 11.0 Å². The van der Waals surface area contributed by atoms with Crippen molar-refractivity contribution in [3.05, 3.63) is 46.2 Å². The fourth-order valence-electron chi connectivity index (χ4n) is 3.32. The summed E-state index contributed by atoms with van der Waals surface area (Å²) in [4.78, 5) is 9.14. The van der Waals surface area contributed by atoms with Gasteiger partial charge in [0, 0.05) is 18.6 Å². The fraction of sp³-hybridized carbons (Fsp3) is 0.222. The first-order valence-electron chi connectivity index (χ1n) is 8.47. The molecule has 0 radical (unpaired) electrons. The van der Waals surface area contributed by atoms with E-state index in [0.29, 0.717) is 35.1 Å². The van der Waals surface area contributed by atoms with Crippen molar-refractivity contribution in [1.29, 1.82) is 0 Å². The van der Waals surface area contributed by atoms with Crippen molar-refractivity contribution in [1.82, 2.24) is 9.55 Å². The molecule has 27 heavy (non-hydrogen) atoms. The molecular weight excluding hydrogens is 417 g/mol. The fourth-order valence-corrected chi connectivity index (χ4v) is 3.72. The summed E-state index contributed by atoms with van der Waals surface area (Å²) >= 11 is 3.23. The lowest BCUT2D eigenvalue weighted by molar-refractivity contribution is 0.297. The number of imidazole rings is 1. The zero-order valence-electron chi connectivity index (χ0n) is 14.1. The molecule has 0 spiro atoms. The molecule has 0 fully saturated rings. The number of aromatic nitrogens is 2. The highest BCUT2D eigenvalue weighted by Gasteiger charge is 2.27. The minimum atomic E-state index is -0.479. The molecule has 0 unspecified atom stereocenters. The zero-order chi connectivity index (χ0) is 18.5. The molecule has 1 aromatic heterocycles. The first-order chi connectivity index (χ1) is 13.1. The van der Waals surface area contributed by atoms with Crippen LogP contribution in [0.4, 0.5) is 10.3 Å². The lowest BCUT2D eigenvalue weighted by Gasteiger charge is -2.24. The maximum absolute atomic E-state index is 13.7. The van der Waals surface area contributed by atoms with Gasteiger partial charge in [0.15, 0.2) is 23.6 Å². The molecule has 2 aromatic carbocycles. The minimum absolute atomic E-state index is 0.248. The van der Waals surface area contributed by atoms with Crippen LogP contribution in [-0.4, -0.2) is 28.7 Å². The summed E-state index contributed by atoms with van der Waals surface area (Å²) < 4.78 is 27.5. The maximum Gasteiger partial charge on any atom is 0.212 e. The first-order valence-corrected chi connectivity index (χ1v) is 9.26. The van der Waals surface area contributed by atoms with Crippen LogP contribution < -0.4 is 20.5 Å². The van der Waals surface area contributed by atoms with Crippen molar-refractivity contribution in [2.45, 2.75) is 12.6 Å². The molecule has 9 heteroatoms. The number of nitrogens with zero attached hydrogens (tertiary/aromatic N) is 3. The van der Waals surface area contributed by atoms with Crippen LogP contribution >= 0.6 is 15.9 Å². The van der Waals surface area contributed by atoms with Crippen molar-refractivity contribution < 1.29 is 13.9 Å². The molecule has 3 N–H and O–H groups in total. The second-order valence-electron chi connectivity index (χ2n) is 6.33. The van der Waals surface area contributed by atoms with Crippen molar-refractivity contribution >= 4 is 38.9 Å². The van der Waals surface area contributed by atoms with E-state index in [2.05, 4.69) is 31.2 Å². The molecule has 0 bridgehead atoms. The molecule has 5 rings (SSSR count). The second-order valence-corrected chi connectivity index (χ2v) is 7.18. The summed E-state index contributed by atoms with van der Waals surface area (Å²) in [6, 6.07) is 8.54. The van der Waals surface area contributed by atoms with Crippen LogP contribution in [0.1, 0.15) is 18.2 Å². The number of benzene rings is 2. The van der Waals surface area contributed by atoms with Gasteiger partial charge in [0.25, 0.3) is 0 Å². The van der Waals surface area contributed by atoms with E-state index in [4.69, 9.17) is 15.2 Å². The summed E-state index contributed by atoms with van der Waals surface area (Å²) in [7, 11) is 0. The Bertz CT molecular complexity index is 1100. The average Bonchev–Trinajstić information content (AvgIpc) is 2.83. The molecule has 0 amide bonds. The smallest absolute Gasteiger partial charge is 0.212 e. The van der Waals surface area contributed by atoms with E-state index in [0.717, 1.165) is 23.0 Å². The molecule has 3 heterocycles. The monoisotopic (exact) mass is 431 g/mol.